The fraction of sp³-hybridized carbons (Fsp3) is 0.533. The number of carboxylic acid groups (broad SMARTS) is 1. The van der Waals surface area contributed by atoms with Gasteiger partial charge in [-0.2, -0.15) is 0 Å². The van der Waals surface area contributed by atoms with E-state index in [-0.39, 0.29) is 5.56 Å². The third kappa shape index (κ3) is 3.01. The summed E-state index contributed by atoms with van der Waals surface area (Å²) < 4.78 is 0. The Balaban J connectivity index is 2.44. The van der Waals surface area contributed by atoms with Gasteiger partial charge in [-0.15, -0.1) is 0 Å². The zero-order chi connectivity index (χ0) is 14.7. The molecule has 5 heteroatoms. The van der Waals surface area contributed by atoms with Gasteiger partial charge in [-0.3, -0.25) is 0 Å². The van der Waals surface area contributed by atoms with Crippen molar-refractivity contribution < 1.29 is 9.90 Å². The van der Waals surface area contributed by atoms with E-state index in [2.05, 4.69) is 4.90 Å². The lowest BCUT2D eigenvalue weighted by Crippen LogP contribution is -2.37. The number of hydrogen-bond donors (Lipinski definition) is 2. The Morgan fingerprint density at radius 3 is 2.60 bits per heavy atom. The fourth-order valence-electron chi connectivity index (χ4n) is 3.07. The number of benzene rings is 1. The molecule has 1 aliphatic carbocycles. The van der Waals surface area contributed by atoms with Gasteiger partial charge in [0.15, 0.2) is 0 Å². The molecule has 1 aromatic carbocycles. The van der Waals surface area contributed by atoms with Crippen molar-refractivity contribution in [3.8, 4) is 0 Å². The summed E-state index contributed by atoms with van der Waals surface area (Å²) in [7, 11) is 0. The molecule has 0 heterocycles. The van der Waals surface area contributed by atoms with Gasteiger partial charge in [0.2, 0.25) is 0 Å². The monoisotopic (exact) mass is 296 g/mol. The second-order valence-corrected chi connectivity index (χ2v) is 5.69. The highest BCUT2D eigenvalue weighted by Gasteiger charge is 2.26. The summed E-state index contributed by atoms with van der Waals surface area (Å²) in [5, 5.41) is 9.84. The summed E-state index contributed by atoms with van der Waals surface area (Å²) in [6, 6.07) is 3.50. The molecule has 0 aliphatic heterocycles. The lowest BCUT2D eigenvalue weighted by atomic mass is 9.93. The van der Waals surface area contributed by atoms with Crippen LogP contribution in [-0.4, -0.2) is 23.7 Å². The van der Waals surface area contributed by atoms with E-state index in [1.54, 1.807) is 6.07 Å². The van der Waals surface area contributed by atoms with Crippen molar-refractivity contribution in [2.24, 2.45) is 0 Å². The molecule has 0 unspecified atom stereocenters. The fourth-order valence-corrected chi connectivity index (χ4v) is 3.40. The van der Waals surface area contributed by atoms with Gasteiger partial charge in [0, 0.05) is 18.3 Å². The predicted octanol–water partition coefficient (Wildman–Crippen LogP) is 3.78. The zero-order valence-corrected chi connectivity index (χ0v) is 12.5. The first-order valence-corrected chi connectivity index (χ1v) is 7.51. The minimum Gasteiger partial charge on any atom is -0.478 e. The Kier molecular flexibility index (Phi) is 4.76. The first-order chi connectivity index (χ1) is 9.54. The third-order valence-corrected chi connectivity index (χ3v) is 4.25. The molecular weight excluding hydrogens is 276 g/mol. The number of hydrogen-bond acceptors (Lipinski definition) is 3. The third-order valence-electron chi connectivity index (χ3n) is 3.96. The predicted molar refractivity (Wildman–Crippen MR) is 82.7 cm³/mol. The van der Waals surface area contributed by atoms with E-state index in [9.17, 15) is 9.90 Å². The standard InChI is InChI=1S/C15H21ClN2O2/c1-2-18(11-6-4-3-5-7-11)14-12(15(19)20)8-10(17)9-13(14)16/h8-9,11H,2-7,17H2,1H3,(H,19,20). The minimum absolute atomic E-state index is 0.197. The first-order valence-electron chi connectivity index (χ1n) is 7.13. The normalized spacial score (nSPS) is 16.1. The average molecular weight is 297 g/mol. The van der Waals surface area contributed by atoms with E-state index < -0.39 is 5.97 Å². The van der Waals surface area contributed by atoms with Gasteiger partial charge in [-0.1, -0.05) is 30.9 Å². The van der Waals surface area contributed by atoms with Gasteiger partial charge < -0.3 is 15.7 Å². The topological polar surface area (TPSA) is 66.6 Å². The number of halogens is 1. The van der Waals surface area contributed by atoms with Crippen molar-refractivity contribution >= 4 is 28.9 Å². The molecule has 2 rings (SSSR count). The van der Waals surface area contributed by atoms with Crippen LogP contribution in [0.2, 0.25) is 5.02 Å². The van der Waals surface area contributed by atoms with Crippen LogP contribution in [0.15, 0.2) is 12.1 Å². The number of nitrogens with zero attached hydrogens (tertiary/aromatic N) is 1. The van der Waals surface area contributed by atoms with E-state index in [0.717, 1.165) is 19.4 Å². The lowest BCUT2D eigenvalue weighted by molar-refractivity contribution is 0.0697. The SMILES string of the molecule is CCN(c1c(Cl)cc(N)cc1C(=O)O)C1CCCCC1. The molecule has 0 aromatic heterocycles. The molecule has 0 amide bonds. The van der Waals surface area contributed by atoms with Gasteiger partial charge >= 0.3 is 5.97 Å². The highest BCUT2D eigenvalue weighted by Crippen LogP contribution is 2.36. The maximum absolute atomic E-state index is 11.5. The second-order valence-electron chi connectivity index (χ2n) is 5.28. The van der Waals surface area contributed by atoms with Gasteiger partial charge in [-0.05, 0) is 31.9 Å². The zero-order valence-electron chi connectivity index (χ0n) is 11.7. The summed E-state index contributed by atoms with van der Waals surface area (Å²) >= 11 is 6.29. The van der Waals surface area contributed by atoms with Crippen molar-refractivity contribution in [3.05, 3.63) is 22.7 Å². The quantitative estimate of drug-likeness (QED) is 0.830. The maximum atomic E-state index is 11.5. The van der Waals surface area contributed by atoms with Gasteiger partial charge in [0.25, 0.3) is 0 Å². The summed E-state index contributed by atoms with van der Waals surface area (Å²) in [5.41, 5.74) is 6.92. The molecule has 20 heavy (non-hydrogen) atoms. The Bertz CT molecular complexity index is 499. The number of nitrogen functional groups attached to an aromatic ring is 1. The highest BCUT2D eigenvalue weighted by atomic mass is 35.5. The van der Waals surface area contributed by atoms with E-state index in [1.165, 1.54) is 25.3 Å². The number of rotatable bonds is 4. The van der Waals surface area contributed by atoms with Crippen molar-refractivity contribution in [3.63, 3.8) is 0 Å². The van der Waals surface area contributed by atoms with Crippen LogP contribution in [0.1, 0.15) is 49.4 Å². The summed E-state index contributed by atoms with van der Waals surface area (Å²) in [6.07, 6.45) is 5.82. The summed E-state index contributed by atoms with van der Waals surface area (Å²) in [5.74, 6) is -0.983. The summed E-state index contributed by atoms with van der Waals surface area (Å²) in [6.45, 7) is 2.78. The van der Waals surface area contributed by atoms with Crippen molar-refractivity contribution in [2.75, 3.05) is 17.2 Å². The molecule has 1 aliphatic rings. The van der Waals surface area contributed by atoms with E-state index >= 15 is 0 Å². The van der Waals surface area contributed by atoms with Crippen molar-refractivity contribution in [1.82, 2.24) is 0 Å². The minimum atomic E-state index is -0.983. The Morgan fingerprint density at radius 2 is 2.05 bits per heavy atom. The van der Waals surface area contributed by atoms with Crippen molar-refractivity contribution in [2.45, 2.75) is 45.1 Å². The van der Waals surface area contributed by atoms with Crippen LogP contribution in [0.3, 0.4) is 0 Å². The van der Waals surface area contributed by atoms with Crippen molar-refractivity contribution in [1.29, 1.82) is 0 Å². The second kappa shape index (κ2) is 6.35. The largest absolute Gasteiger partial charge is 0.478 e. The first kappa shape index (κ1) is 15.0. The molecule has 3 N–H and O–H groups in total. The smallest absolute Gasteiger partial charge is 0.337 e. The van der Waals surface area contributed by atoms with E-state index in [4.69, 9.17) is 17.3 Å². The number of aromatic carboxylic acids is 1. The molecule has 110 valence electrons. The van der Waals surface area contributed by atoms with Crippen LogP contribution in [0.4, 0.5) is 11.4 Å². The van der Waals surface area contributed by atoms with Crippen LogP contribution < -0.4 is 10.6 Å². The average Bonchev–Trinajstić information content (AvgIpc) is 2.42. The lowest BCUT2D eigenvalue weighted by Gasteiger charge is -2.36. The Morgan fingerprint density at radius 1 is 1.40 bits per heavy atom. The van der Waals surface area contributed by atoms with Gasteiger partial charge in [0.1, 0.15) is 0 Å². The highest BCUT2D eigenvalue weighted by molar-refractivity contribution is 6.34. The molecular formula is C15H21ClN2O2. The molecule has 0 bridgehead atoms. The van der Waals surface area contributed by atoms with Crippen LogP contribution in [0, 0.1) is 0 Å². The van der Waals surface area contributed by atoms with E-state index in [1.807, 2.05) is 6.92 Å². The number of anilines is 2. The number of nitrogens with two attached hydrogens (primary N) is 1. The molecule has 0 atom stereocenters. The molecule has 0 spiro atoms. The van der Waals surface area contributed by atoms with Crippen LogP contribution >= 0.6 is 11.6 Å². The van der Waals surface area contributed by atoms with Crippen LogP contribution in [-0.2, 0) is 0 Å². The molecule has 0 radical (unpaired) electrons. The Labute approximate surface area is 124 Å². The van der Waals surface area contributed by atoms with Crippen LogP contribution in [0.5, 0.6) is 0 Å². The van der Waals surface area contributed by atoms with Crippen LogP contribution in [0.25, 0.3) is 0 Å². The molecule has 0 saturated heterocycles. The summed E-state index contributed by atoms with van der Waals surface area (Å²) in [4.78, 5) is 13.6. The van der Waals surface area contributed by atoms with E-state index in [0.29, 0.717) is 22.4 Å². The molecule has 4 nitrogen and oxygen atoms in total. The molecule has 1 fully saturated rings. The molecule has 1 saturated carbocycles. The number of carboxylic acids is 1. The molecule has 1 aromatic rings. The van der Waals surface area contributed by atoms with Gasteiger partial charge in [0.05, 0.1) is 16.3 Å². The van der Waals surface area contributed by atoms with Gasteiger partial charge in [-0.25, -0.2) is 4.79 Å². The Hall–Kier alpha value is -1.42. The number of carbonyl (C=O) groups is 1. The maximum Gasteiger partial charge on any atom is 0.337 e.